The average Bonchev–Trinajstić information content (AvgIpc) is 2.28. The number of carboxylic acid groups (broad SMARTS) is 1. The van der Waals surface area contributed by atoms with Crippen LogP contribution >= 0.6 is 0 Å². The molecule has 19 heavy (non-hydrogen) atoms. The van der Waals surface area contributed by atoms with E-state index in [4.69, 9.17) is 5.73 Å². The van der Waals surface area contributed by atoms with E-state index >= 15 is 0 Å². The highest BCUT2D eigenvalue weighted by atomic mass is 16.4. The number of nitrogens with one attached hydrogen (secondary N) is 1. The molecule has 0 aromatic heterocycles. The molecule has 1 aliphatic rings. The molecule has 3 atom stereocenters. The van der Waals surface area contributed by atoms with Gasteiger partial charge in [-0.1, -0.05) is 33.1 Å². The van der Waals surface area contributed by atoms with Crippen molar-refractivity contribution in [3.63, 3.8) is 0 Å². The summed E-state index contributed by atoms with van der Waals surface area (Å²) in [7, 11) is 0. The number of rotatable bonds is 5. The Morgan fingerprint density at radius 3 is 2.63 bits per heavy atom. The molecule has 1 aliphatic carbocycles. The molecule has 0 radical (unpaired) electrons. The summed E-state index contributed by atoms with van der Waals surface area (Å²) in [5.74, 6) is -0.995. The molecule has 1 rings (SSSR count). The number of hydrogen-bond donors (Lipinski definition) is 3. The fourth-order valence-electron chi connectivity index (χ4n) is 2.91. The monoisotopic (exact) mass is 270 g/mol. The molecule has 0 aromatic rings. The van der Waals surface area contributed by atoms with Gasteiger partial charge in [-0.15, -0.1) is 0 Å². The van der Waals surface area contributed by atoms with Crippen LogP contribution in [0.3, 0.4) is 0 Å². The molecule has 5 heteroatoms. The number of carbonyl (C=O) groups is 2. The first kappa shape index (κ1) is 16.0. The highest BCUT2D eigenvalue weighted by molar-refractivity contribution is 5.91. The molecule has 0 saturated heterocycles. The molecule has 0 heterocycles. The van der Waals surface area contributed by atoms with Gasteiger partial charge in [-0.2, -0.15) is 0 Å². The Labute approximate surface area is 114 Å². The van der Waals surface area contributed by atoms with Gasteiger partial charge >= 0.3 is 5.97 Å². The van der Waals surface area contributed by atoms with Crippen LogP contribution in [0.1, 0.15) is 59.3 Å². The first-order valence-corrected chi connectivity index (χ1v) is 7.08. The van der Waals surface area contributed by atoms with Gasteiger partial charge in [-0.05, 0) is 32.1 Å². The molecule has 1 saturated carbocycles. The molecule has 0 spiro atoms. The number of carbonyl (C=O) groups excluding carboxylic acids is 1. The Morgan fingerprint density at radius 2 is 2.16 bits per heavy atom. The highest BCUT2D eigenvalue weighted by Gasteiger charge is 2.45. The Kier molecular flexibility index (Phi) is 4.96. The lowest BCUT2D eigenvalue weighted by Gasteiger charge is -2.39. The predicted octanol–water partition coefficient (Wildman–Crippen LogP) is 1.65. The van der Waals surface area contributed by atoms with Crippen LogP contribution in [0.25, 0.3) is 0 Å². The zero-order chi connectivity index (χ0) is 14.7. The Balaban J connectivity index is 2.85. The molecule has 3 unspecified atom stereocenters. The first-order chi connectivity index (χ1) is 8.73. The van der Waals surface area contributed by atoms with Crippen LogP contribution in [0, 0.1) is 5.92 Å². The van der Waals surface area contributed by atoms with E-state index in [0.29, 0.717) is 25.2 Å². The maximum Gasteiger partial charge on any atom is 0.329 e. The van der Waals surface area contributed by atoms with E-state index in [9.17, 15) is 14.7 Å². The van der Waals surface area contributed by atoms with E-state index in [1.807, 2.05) is 13.8 Å². The topological polar surface area (TPSA) is 92.4 Å². The second kappa shape index (κ2) is 5.90. The zero-order valence-corrected chi connectivity index (χ0v) is 12.2. The van der Waals surface area contributed by atoms with Crippen molar-refractivity contribution in [2.24, 2.45) is 11.7 Å². The van der Waals surface area contributed by atoms with Crippen molar-refractivity contribution >= 4 is 11.9 Å². The smallest absolute Gasteiger partial charge is 0.329 e. The molecule has 0 aliphatic heterocycles. The molecular formula is C14H26N2O3. The quantitative estimate of drug-likeness (QED) is 0.708. The van der Waals surface area contributed by atoms with E-state index in [0.717, 1.165) is 19.3 Å². The Morgan fingerprint density at radius 1 is 1.53 bits per heavy atom. The van der Waals surface area contributed by atoms with Crippen molar-refractivity contribution in [1.29, 1.82) is 0 Å². The van der Waals surface area contributed by atoms with Gasteiger partial charge in [0.1, 0.15) is 5.54 Å². The summed E-state index contributed by atoms with van der Waals surface area (Å²) >= 11 is 0. The molecule has 0 aromatic carbocycles. The number of nitrogens with two attached hydrogens (primary N) is 1. The number of hydrogen-bond acceptors (Lipinski definition) is 3. The van der Waals surface area contributed by atoms with Crippen LogP contribution in [0.4, 0.5) is 0 Å². The van der Waals surface area contributed by atoms with E-state index in [2.05, 4.69) is 5.32 Å². The summed E-state index contributed by atoms with van der Waals surface area (Å²) in [6, 6.07) is 0. The summed E-state index contributed by atoms with van der Waals surface area (Å²) in [4.78, 5) is 23.8. The minimum Gasteiger partial charge on any atom is -0.480 e. The van der Waals surface area contributed by atoms with Crippen molar-refractivity contribution in [3.05, 3.63) is 0 Å². The Hall–Kier alpha value is -1.10. The van der Waals surface area contributed by atoms with Gasteiger partial charge in [0.2, 0.25) is 5.91 Å². The van der Waals surface area contributed by atoms with Crippen LogP contribution in [-0.4, -0.2) is 28.1 Å². The molecule has 0 bridgehead atoms. The van der Waals surface area contributed by atoms with Crippen LogP contribution in [0.15, 0.2) is 0 Å². The van der Waals surface area contributed by atoms with E-state index in [-0.39, 0.29) is 5.91 Å². The number of aliphatic carboxylic acids is 1. The standard InChI is InChI=1S/C14H26N2O3/c1-4-7-13(3,15)11(17)16-14(12(18)19)8-5-6-10(2)9-14/h10H,4-9,15H2,1-3H3,(H,16,17)(H,18,19). The van der Waals surface area contributed by atoms with E-state index < -0.39 is 17.0 Å². The van der Waals surface area contributed by atoms with Crippen molar-refractivity contribution < 1.29 is 14.7 Å². The van der Waals surface area contributed by atoms with Gasteiger partial charge < -0.3 is 16.2 Å². The van der Waals surface area contributed by atoms with E-state index in [1.54, 1.807) is 6.92 Å². The third kappa shape index (κ3) is 3.69. The van der Waals surface area contributed by atoms with Gasteiger partial charge in [0.25, 0.3) is 0 Å². The number of carboxylic acids is 1. The third-order valence-corrected chi connectivity index (χ3v) is 4.05. The zero-order valence-electron chi connectivity index (χ0n) is 12.2. The van der Waals surface area contributed by atoms with Crippen molar-refractivity contribution in [3.8, 4) is 0 Å². The summed E-state index contributed by atoms with van der Waals surface area (Å²) < 4.78 is 0. The molecule has 1 amide bonds. The van der Waals surface area contributed by atoms with Crippen LogP contribution < -0.4 is 11.1 Å². The van der Waals surface area contributed by atoms with Crippen LogP contribution in [-0.2, 0) is 9.59 Å². The largest absolute Gasteiger partial charge is 0.480 e. The fourth-order valence-corrected chi connectivity index (χ4v) is 2.91. The minimum atomic E-state index is -1.14. The van der Waals surface area contributed by atoms with Gasteiger partial charge in [0, 0.05) is 0 Å². The maximum atomic E-state index is 12.2. The van der Waals surface area contributed by atoms with Crippen molar-refractivity contribution in [2.45, 2.75) is 70.4 Å². The van der Waals surface area contributed by atoms with Crippen molar-refractivity contribution in [1.82, 2.24) is 5.32 Å². The molecule has 110 valence electrons. The summed E-state index contributed by atoms with van der Waals surface area (Å²) in [5.41, 5.74) is 3.84. The number of amides is 1. The normalized spacial score (nSPS) is 30.4. The summed E-state index contributed by atoms with van der Waals surface area (Å²) in [6.45, 7) is 5.64. The highest BCUT2D eigenvalue weighted by Crippen LogP contribution is 2.33. The SMILES string of the molecule is CCCC(C)(N)C(=O)NC1(C(=O)O)CCCC(C)C1. The average molecular weight is 270 g/mol. The van der Waals surface area contributed by atoms with Gasteiger partial charge in [0.05, 0.1) is 5.54 Å². The van der Waals surface area contributed by atoms with Gasteiger partial charge in [-0.25, -0.2) is 4.79 Å². The first-order valence-electron chi connectivity index (χ1n) is 7.08. The third-order valence-electron chi connectivity index (χ3n) is 4.05. The molecule has 1 fully saturated rings. The second-order valence-corrected chi connectivity index (χ2v) is 6.21. The fraction of sp³-hybridized carbons (Fsp3) is 0.857. The molecule has 5 nitrogen and oxygen atoms in total. The van der Waals surface area contributed by atoms with E-state index in [1.165, 1.54) is 0 Å². The predicted molar refractivity (Wildman–Crippen MR) is 73.6 cm³/mol. The summed E-state index contributed by atoms with van der Waals surface area (Å²) in [6.07, 6.45) is 4.14. The minimum absolute atomic E-state index is 0.306. The van der Waals surface area contributed by atoms with Gasteiger partial charge in [-0.3, -0.25) is 4.79 Å². The second-order valence-electron chi connectivity index (χ2n) is 6.21. The Bertz CT molecular complexity index is 355. The van der Waals surface area contributed by atoms with Gasteiger partial charge in [0.15, 0.2) is 0 Å². The lowest BCUT2D eigenvalue weighted by Crippen LogP contribution is -2.63. The van der Waals surface area contributed by atoms with Crippen LogP contribution in [0.5, 0.6) is 0 Å². The lowest BCUT2D eigenvalue weighted by atomic mass is 9.76. The lowest BCUT2D eigenvalue weighted by molar-refractivity contribution is -0.151. The van der Waals surface area contributed by atoms with Crippen LogP contribution in [0.2, 0.25) is 0 Å². The summed E-state index contributed by atoms with van der Waals surface area (Å²) in [5, 5.41) is 12.2. The maximum absolute atomic E-state index is 12.2. The molecular weight excluding hydrogens is 244 g/mol. The van der Waals surface area contributed by atoms with Crippen molar-refractivity contribution in [2.75, 3.05) is 0 Å². The molecule has 4 N–H and O–H groups in total.